The molecular weight excluding hydrogens is 324 g/mol. The molecule has 1 aromatic heterocycles. The highest BCUT2D eigenvalue weighted by molar-refractivity contribution is 5.75. The molecule has 1 fully saturated rings. The third-order valence-corrected chi connectivity index (χ3v) is 4.85. The largest absolute Gasteiger partial charge is 0.393 e. The number of hydrogen-bond acceptors (Lipinski definition) is 6. The van der Waals surface area contributed by atoms with Gasteiger partial charge in [0.25, 0.3) is 0 Å². The lowest BCUT2D eigenvalue weighted by Crippen LogP contribution is -2.47. The van der Waals surface area contributed by atoms with Crippen LogP contribution in [0, 0.1) is 13.8 Å². The van der Waals surface area contributed by atoms with Gasteiger partial charge in [-0.15, -0.1) is 0 Å². The first kappa shape index (κ1) is 18.3. The first-order valence-electron chi connectivity index (χ1n) is 9.21. The maximum absolute atomic E-state index is 6.37. The Kier molecular flexibility index (Phi) is 4.94. The molecule has 0 unspecified atom stereocenters. The lowest BCUT2D eigenvalue weighted by Gasteiger charge is -2.38. The van der Waals surface area contributed by atoms with E-state index in [0.717, 1.165) is 32.0 Å². The monoisotopic (exact) mass is 354 g/mol. The number of aryl methyl sites for hydroxylation is 1. The van der Waals surface area contributed by atoms with Crippen molar-refractivity contribution in [1.82, 2.24) is 9.97 Å². The van der Waals surface area contributed by atoms with Crippen molar-refractivity contribution in [1.29, 1.82) is 0 Å². The molecule has 0 aliphatic carbocycles. The zero-order valence-corrected chi connectivity index (χ0v) is 16.5. The lowest BCUT2D eigenvalue weighted by atomic mass is 10.1. The Hall–Kier alpha value is -2.50. The van der Waals surface area contributed by atoms with Crippen molar-refractivity contribution in [3.8, 4) is 0 Å². The Labute approximate surface area is 156 Å². The van der Waals surface area contributed by atoms with E-state index in [1.54, 1.807) is 6.33 Å². The lowest BCUT2D eigenvalue weighted by molar-refractivity contribution is 0.628. The maximum atomic E-state index is 6.37. The molecule has 26 heavy (non-hydrogen) atoms. The SMILES string of the molecule is Cc1cccc(N2CCN(c3ncnc(NC(C)(C)C)c3N)CC2)c1C. The molecule has 0 saturated carbocycles. The predicted molar refractivity (Wildman–Crippen MR) is 110 cm³/mol. The summed E-state index contributed by atoms with van der Waals surface area (Å²) < 4.78 is 0. The van der Waals surface area contributed by atoms with Crippen molar-refractivity contribution >= 4 is 23.0 Å². The second-order valence-corrected chi connectivity index (χ2v) is 8.03. The summed E-state index contributed by atoms with van der Waals surface area (Å²) in [4.78, 5) is 13.5. The number of nitrogens with one attached hydrogen (secondary N) is 1. The Morgan fingerprint density at radius 2 is 1.65 bits per heavy atom. The number of hydrogen-bond donors (Lipinski definition) is 2. The molecule has 0 radical (unpaired) electrons. The average Bonchev–Trinajstić information content (AvgIpc) is 2.58. The number of nitrogens with two attached hydrogens (primary N) is 1. The Morgan fingerprint density at radius 1 is 1.00 bits per heavy atom. The first-order valence-corrected chi connectivity index (χ1v) is 9.21. The fourth-order valence-electron chi connectivity index (χ4n) is 3.33. The van der Waals surface area contributed by atoms with Crippen LogP contribution in [-0.2, 0) is 0 Å². The standard InChI is InChI=1S/C20H30N6/c1-14-7-6-8-16(15(14)2)25-9-11-26(12-10-25)19-17(21)18(22-13-23-19)24-20(3,4)5/h6-8,13H,9-12,21H2,1-5H3,(H,22,23,24). The zero-order chi connectivity index (χ0) is 18.9. The van der Waals surface area contributed by atoms with Gasteiger partial charge >= 0.3 is 0 Å². The third kappa shape index (κ3) is 3.84. The van der Waals surface area contributed by atoms with Crippen molar-refractivity contribution in [3.63, 3.8) is 0 Å². The van der Waals surface area contributed by atoms with Crippen LogP contribution in [0.3, 0.4) is 0 Å². The molecular formula is C20H30N6. The fourth-order valence-corrected chi connectivity index (χ4v) is 3.33. The Balaban J connectivity index is 1.74. The summed E-state index contributed by atoms with van der Waals surface area (Å²) in [5, 5.41) is 3.36. The van der Waals surface area contributed by atoms with Crippen LogP contribution in [0.5, 0.6) is 0 Å². The molecule has 1 aliphatic heterocycles. The molecule has 0 spiro atoms. The molecule has 0 amide bonds. The van der Waals surface area contributed by atoms with E-state index in [1.165, 1.54) is 16.8 Å². The molecule has 0 bridgehead atoms. The van der Waals surface area contributed by atoms with Gasteiger partial charge in [0.05, 0.1) is 0 Å². The molecule has 2 heterocycles. The van der Waals surface area contributed by atoms with E-state index in [0.29, 0.717) is 11.5 Å². The molecule has 2 aromatic rings. The molecule has 1 saturated heterocycles. The van der Waals surface area contributed by atoms with Gasteiger partial charge in [0.15, 0.2) is 11.6 Å². The Morgan fingerprint density at radius 3 is 2.31 bits per heavy atom. The van der Waals surface area contributed by atoms with Gasteiger partial charge in [-0.3, -0.25) is 0 Å². The van der Waals surface area contributed by atoms with Gasteiger partial charge in [-0.1, -0.05) is 12.1 Å². The quantitative estimate of drug-likeness (QED) is 0.882. The van der Waals surface area contributed by atoms with E-state index < -0.39 is 0 Å². The molecule has 1 aromatic carbocycles. The van der Waals surface area contributed by atoms with E-state index in [1.807, 2.05) is 0 Å². The maximum Gasteiger partial charge on any atom is 0.157 e. The molecule has 140 valence electrons. The minimum atomic E-state index is -0.0961. The van der Waals surface area contributed by atoms with E-state index in [4.69, 9.17) is 5.73 Å². The average molecular weight is 355 g/mol. The van der Waals surface area contributed by atoms with Crippen molar-refractivity contribution in [2.45, 2.75) is 40.2 Å². The highest BCUT2D eigenvalue weighted by Gasteiger charge is 2.23. The molecule has 0 atom stereocenters. The van der Waals surface area contributed by atoms with E-state index in [9.17, 15) is 0 Å². The van der Waals surface area contributed by atoms with Gasteiger partial charge < -0.3 is 20.9 Å². The summed E-state index contributed by atoms with van der Waals surface area (Å²) in [6, 6.07) is 6.51. The van der Waals surface area contributed by atoms with Crippen LogP contribution in [0.25, 0.3) is 0 Å². The van der Waals surface area contributed by atoms with Crippen LogP contribution in [-0.4, -0.2) is 41.7 Å². The summed E-state index contributed by atoms with van der Waals surface area (Å²) in [5.74, 6) is 1.53. The smallest absolute Gasteiger partial charge is 0.157 e. The van der Waals surface area contributed by atoms with Crippen molar-refractivity contribution in [2.75, 3.05) is 47.0 Å². The van der Waals surface area contributed by atoms with Crippen molar-refractivity contribution in [3.05, 3.63) is 35.7 Å². The second-order valence-electron chi connectivity index (χ2n) is 8.03. The molecule has 6 heteroatoms. The summed E-state index contributed by atoms with van der Waals surface area (Å²) >= 11 is 0. The van der Waals surface area contributed by atoms with Gasteiger partial charge in [-0.2, -0.15) is 0 Å². The van der Waals surface area contributed by atoms with Crippen LogP contribution in [0.4, 0.5) is 23.0 Å². The summed E-state index contributed by atoms with van der Waals surface area (Å²) in [6.07, 6.45) is 1.59. The van der Waals surface area contributed by atoms with Crippen molar-refractivity contribution in [2.24, 2.45) is 0 Å². The molecule has 3 rings (SSSR count). The Bertz CT molecular complexity index is 772. The number of rotatable bonds is 3. The number of nitrogens with zero attached hydrogens (tertiary/aromatic N) is 4. The minimum Gasteiger partial charge on any atom is -0.393 e. The molecule has 6 nitrogen and oxygen atoms in total. The summed E-state index contributed by atoms with van der Waals surface area (Å²) in [5.41, 5.74) is 10.9. The van der Waals surface area contributed by atoms with Gasteiger partial charge in [-0.05, 0) is 51.8 Å². The normalized spacial score (nSPS) is 15.3. The summed E-state index contributed by atoms with van der Waals surface area (Å²) in [7, 11) is 0. The van der Waals surface area contributed by atoms with Crippen LogP contribution < -0.4 is 20.9 Å². The van der Waals surface area contributed by atoms with Crippen LogP contribution in [0.2, 0.25) is 0 Å². The van der Waals surface area contributed by atoms with Crippen LogP contribution in [0.15, 0.2) is 24.5 Å². The second kappa shape index (κ2) is 7.02. The summed E-state index contributed by atoms with van der Waals surface area (Å²) in [6.45, 7) is 14.3. The molecule has 1 aliphatic rings. The van der Waals surface area contributed by atoms with Crippen LogP contribution >= 0.6 is 0 Å². The highest BCUT2D eigenvalue weighted by atomic mass is 15.3. The van der Waals surface area contributed by atoms with Gasteiger partial charge in [-0.25, -0.2) is 9.97 Å². The van der Waals surface area contributed by atoms with Crippen LogP contribution in [0.1, 0.15) is 31.9 Å². The molecule has 3 N–H and O–H groups in total. The number of anilines is 4. The minimum absolute atomic E-state index is 0.0961. The van der Waals surface area contributed by atoms with Gasteiger partial charge in [0.1, 0.15) is 12.0 Å². The first-order chi connectivity index (χ1) is 12.3. The third-order valence-electron chi connectivity index (χ3n) is 4.85. The zero-order valence-electron chi connectivity index (χ0n) is 16.5. The van der Waals surface area contributed by atoms with E-state index >= 15 is 0 Å². The van der Waals surface area contributed by atoms with Gasteiger partial charge in [0.2, 0.25) is 0 Å². The van der Waals surface area contributed by atoms with Gasteiger partial charge in [0, 0.05) is 37.4 Å². The fraction of sp³-hybridized carbons (Fsp3) is 0.500. The number of piperazine rings is 1. The highest BCUT2D eigenvalue weighted by Crippen LogP contribution is 2.30. The van der Waals surface area contributed by atoms with Crippen molar-refractivity contribution < 1.29 is 0 Å². The number of aromatic nitrogens is 2. The number of nitrogen functional groups attached to an aromatic ring is 1. The van der Waals surface area contributed by atoms with E-state index in [2.05, 4.69) is 77.9 Å². The van der Waals surface area contributed by atoms with E-state index in [-0.39, 0.29) is 5.54 Å². The topological polar surface area (TPSA) is 70.3 Å². The predicted octanol–water partition coefficient (Wildman–Crippen LogP) is 3.21. The number of benzene rings is 1.